The van der Waals surface area contributed by atoms with Crippen LogP contribution < -0.4 is 4.90 Å². The van der Waals surface area contributed by atoms with Gasteiger partial charge < -0.3 is 9.64 Å². The van der Waals surface area contributed by atoms with Crippen molar-refractivity contribution in [1.82, 2.24) is 19.6 Å². The Morgan fingerprint density at radius 1 is 1.37 bits per heavy atom. The lowest BCUT2D eigenvalue weighted by atomic mass is 9.95. The lowest BCUT2D eigenvalue weighted by Gasteiger charge is -2.32. The Labute approximate surface area is 112 Å². The molecule has 6 heteroatoms. The van der Waals surface area contributed by atoms with Gasteiger partial charge in [0.2, 0.25) is 5.95 Å². The first-order chi connectivity index (χ1) is 9.38. The molecule has 0 aliphatic heterocycles. The lowest BCUT2D eigenvalue weighted by Crippen LogP contribution is -2.39. The van der Waals surface area contributed by atoms with Crippen LogP contribution in [0.2, 0.25) is 0 Å². The van der Waals surface area contributed by atoms with E-state index in [2.05, 4.69) is 20.0 Å². The van der Waals surface area contributed by atoms with E-state index in [1.165, 1.54) is 32.1 Å². The highest BCUT2D eigenvalue weighted by molar-refractivity contribution is 5.43. The minimum Gasteiger partial charge on any atom is -0.364 e. The maximum absolute atomic E-state index is 5.33. The molecule has 0 saturated heterocycles. The third kappa shape index (κ3) is 2.53. The standard InChI is InChI=1S/C13H19N5O/c1-19-10-17(11-5-3-2-4-6-11)13-15-12-7-8-14-9-18(12)16-13/h7-9,11H,2-6,10H2,1H3. The Bertz CT molecular complexity index is 502. The summed E-state index contributed by atoms with van der Waals surface area (Å²) in [7, 11) is 1.72. The summed E-state index contributed by atoms with van der Waals surface area (Å²) in [6.45, 7) is 0.537. The number of ether oxygens (including phenoxy) is 1. The van der Waals surface area contributed by atoms with Crippen molar-refractivity contribution in [1.29, 1.82) is 0 Å². The van der Waals surface area contributed by atoms with Gasteiger partial charge in [-0.25, -0.2) is 9.50 Å². The molecular formula is C13H19N5O. The number of anilines is 1. The Balaban J connectivity index is 1.89. The van der Waals surface area contributed by atoms with Crippen LogP contribution in [0.3, 0.4) is 0 Å². The second-order valence-corrected chi connectivity index (χ2v) is 4.97. The highest BCUT2D eigenvalue weighted by atomic mass is 16.5. The third-order valence-electron chi connectivity index (χ3n) is 3.67. The van der Waals surface area contributed by atoms with Gasteiger partial charge in [0.25, 0.3) is 0 Å². The van der Waals surface area contributed by atoms with Crippen molar-refractivity contribution in [3.05, 3.63) is 18.6 Å². The van der Waals surface area contributed by atoms with Gasteiger partial charge in [0.05, 0.1) is 0 Å². The SMILES string of the molecule is COCN(c1nc2ccncn2n1)C1CCCCC1. The molecule has 0 bridgehead atoms. The van der Waals surface area contributed by atoms with Crippen LogP contribution in [0.15, 0.2) is 18.6 Å². The first kappa shape index (κ1) is 12.3. The van der Waals surface area contributed by atoms with Crippen molar-refractivity contribution < 1.29 is 4.74 Å². The molecule has 2 aromatic rings. The van der Waals surface area contributed by atoms with Crippen molar-refractivity contribution in [2.45, 2.75) is 38.1 Å². The number of hydrogen-bond donors (Lipinski definition) is 0. The molecule has 1 fully saturated rings. The smallest absolute Gasteiger partial charge is 0.247 e. The van der Waals surface area contributed by atoms with E-state index < -0.39 is 0 Å². The van der Waals surface area contributed by atoms with Crippen LogP contribution in [0.25, 0.3) is 5.65 Å². The molecule has 0 atom stereocenters. The molecule has 0 spiro atoms. The van der Waals surface area contributed by atoms with Crippen molar-refractivity contribution in [2.75, 3.05) is 18.7 Å². The Kier molecular flexibility index (Phi) is 3.59. The van der Waals surface area contributed by atoms with Crippen LogP contribution in [-0.2, 0) is 4.74 Å². The van der Waals surface area contributed by atoms with E-state index in [0.29, 0.717) is 12.8 Å². The maximum Gasteiger partial charge on any atom is 0.247 e. The highest BCUT2D eigenvalue weighted by Crippen LogP contribution is 2.25. The predicted molar refractivity (Wildman–Crippen MR) is 72.0 cm³/mol. The average molecular weight is 261 g/mol. The summed E-state index contributed by atoms with van der Waals surface area (Å²) in [5.74, 6) is 0.738. The topological polar surface area (TPSA) is 55.5 Å². The lowest BCUT2D eigenvalue weighted by molar-refractivity contribution is 0.181. The molecule has 19 heavy (non-hydrogen) atoms. The van der Waals surface area contributed by atoms with Crippen LogP contribution in [-0.4, -0.2) is 39.5 Å². The fourth-order valence-electron chi connectivity index (χ4n) is 2.71. The summed E-state index contributed by atoms with van der Waals surface area (Å²) in [5.41, 5.74) is 0.821. The molecule has 1 saturated carbocycles. The summed E-state index contributed by atoms with van der Waals surface area (Å²) in [6, 6.07) is 2.35. The Morgan fingerprint density at radius 3 is 2.95 bits per heavy atom. The van der Waals surface area contributed by atoms with E-state index in [1.54, 1.807) is 24.1 Å². The summed E-state index contributed by atoms with van der Waals surface area (Å²) in [5, 5.41) is 4.50. The molecular weight excluding hydrogens is 242 g/mol. The van der Waals surface area contributed by atoms with Crippen molar-refractivity contribution >= 4 is 11.6 Å². The van der Waals surface area contributed by atoms with E-state index in [1.807, 2.05) is 6.07 Å². The predicted octanol–water partition coefficient (Wildman–Crippen LogP) is 1.87. The first-order valence-electron chi connectivity index (χ1n) is 6.80. The normalized spacial score (nSPS) is 16.9. The average Bonchev–Trinajstić information content (AvgIpc) is 2.89. The third-order valence-corrected chi connectivity index (χ3v) is 3.67. The van der Waals surface area contributed by atoms with Gasteiger partial charge in [0.15, 0.2) is 5.65 Å². The van der Waals surface area contributed by atoms with E-state index in [4.69, 9.17) is 4.74 Å². The molecule has 0 unspecified atom stereocenters. The summed E-state index contributed by atoms with van der Waals surface area (Å²) in [4.78, 5) is 10.8. The molecule has 0 N–H and O–H groups in total. The van der Waals surface area contributed by atoms with Crippen molar-refractivity contribution in [2.24, 2.45) is 0 Å². The molecule has 0 amide bonds. The van der Waals surface area contributed by atoms with E-state index in [0.717, 1.165) is 11.6 Å². The second kappa shape index (κ2) is 5.52. The quantitative estimate of drug-likeness (QED) is 0.786. The second-order valence-electron chi connectivity index (χ2n) is 4.97. The molecule has 1 aliphatic rings. The number of aromatic nitrogens is 4. The van der Waals surface area contributed by atoms with Crippen LogP contribution >= 0.6 is 0 Å². The van der Waals surface area contributed by atoms with Gasteiger partial charge in [-0.15, -0.1) is 5.10 Å². The minimum atomic E-state index is 0.485. The summed E-state index contributed by atoms with van der Waals surface area (Å²) >= 11 is 0. The molecule has 1 aliphatic carbocycles. The Morgan fingerprint density at radius 2 is 2.21 bits per heavy atom. The number of hydrogen-bond acceptors (Lipinski definition) is 5. The molecule has 2 aromatic heterocycles. The van der Waals surface area contributed by atoms with Gasteiger partial charge in [0.1, 0.15) is 13.1 Å². The van der Waals surface area contributed by atoms with Crippen LogP contribution in [0.5, 0.6) is 0 Å². The number of methoxy groups -OCH3 is 1. The first-order valence-corrected chi connectivity index (χ1v) is 6.80. The van der Waals surface area contributed by atoms with Crippen molar-refractivity contribution in [3.8, 4) is 0 Å². The number of fused-ring (bicyclic) bond motifs is 1. The van der Waals surface area contributed by atoms with Gasteiger partial charge in [-0.3, -0.25) is 0 Å². The van der Waals surface area contributed by atoms with Crippen LogP contribution in [0, 0.1) is 0 Å². The van der Waals surface area contributed by atoms with E-state index in [-0.39, 0.29) is 0 Å². The molecule has 102 valence electrons. The molecule has 0 aromatic carbocycles. The van der Waals surface area contributed by atoms with Gasteiger partial charge in [0, 0.05) is 25.4 Å². The molecule has 6 nitrogen and oxygen atoms in total. The largest absolute Gasteiger partial charge is 0.364 e. The molecule has 0 radical (unpaired) electrons. The van der Waals surface area contributed by atoms with E-state index in [9.17, 15) is 0 Å². The zero-order valence-corrected chi connectivity index (χ0v) is 11.2. The van der Waals surface area contributed by atoms with E-state index >= 15 is 0 Å². The highest BCUT2D eigenvalue weighted by Gasteiger charge is 2.24. The van der Waals surface area contributed by atoms with Crippen molar-refractivity contribution in [3.63, 3.8) is 0 Å². The van der Waals surface area contributed by atoms with Gasteiger partial charge >= 0.3 is 0 Å². The van der Waals surface area contributed by atoms with Crippen LogP contribution in [0.1, 0.15) is 32.1 Å². The fourth-order valence-corrected chi connectivity index (χ4v) is 2.71. The fraction of sp³-hybridized carbons (Fsp3) is 0.615. The number of nitrogens with zero attached hydrogens (tertiary/aromatic N) is 5. The monoisotopic (exact) mass is 261 g/mol. The van der Waals surface area contributed by atoms with Gasteiger partial charge in [-0.05, 0) is 12.8 Å². The number of rotatable bonds is 4. The molecule has 3 rings (SSSR count). The van der Waals surface area contributed by atoms with Gasteiger partial charge in [-0.1, -0.05) is 19.3 Å². The zero-order valence-electron chi connectivity index (χ0n) is 11.2. The summed E-state index contributed by atoms with van der Waals surface area (Å²) in [6.07, 6.45) is 9.68. The minimum absolute atomic E-state index is 0.485. The Hall–Kier alpha value is -1.69. The van der Waals surface area contributed by atoms with Gasteiger partial charge in [-0.2, -0.15) is 4.98 Å². The van der Waals surface area contributed by atoms with Crippen LogP contribution in [0.4, 0.5) is 5.95 Å². The summed E-state index contributed by atoms with van der Waals surface area (Å²) < 4.78 is 7.04. The molecule has 2 heterocycles. The maximum atomic E-state index is 5.33. The zero-order chi connectivity index (χ0) is 13.1.